The van der Waals surface area contributed by atoms with E-state index in [9.17, 15) is 4.79 Å². The van der Waals surface area contributed by atoms with Crippen LogP contribution in [0.15, 0.2) is 29.1 Å². The van der Waals surface area contributed by atoms with Crippen LogP contribution in [0.4, 0.5) is 0 Å². The Labute approximate surface area is 113 Å². The second-order valence-electron chi connectivity index (χ2n) is 5.70. The lowest BCUT2D eigenvalue weighted by Crippen LogP contribution is -2.88. The van der Waals surface area contributed by atoms with Crippen molar-refractivity contribution in [2.24, 2.45) is 0 Å². The van der Waals surface area contributed by atoms with Crippen molar-refractivity contribution in [2.75, 3.05) is 0 Å². The van der Waals surface area contributed by atoms with Gasteiger partial charge in [0.2, 0.25) is 0 Å². The molecule has 0 radical (unpaired) electrons. The van der Waals surface area contributed by atoms with E-state index in [1.807, 2.05) is 19.1 Å². The summed E-state index contributed by atoms with van der Waals surface area (Å²) >= 11 is 0. The molecule has 1 aromatic heterocycles. The van der Waals surface area contributed by atoms with E-state index in [4.69, 9.17) is 0 Å². The molecule has 0 bridgehead atoms. The highest BCUT2D eigenvalue weighted by atomic mass is 16.1. The van der Waals surface area contributed by atoms with Gasteiger partial charge < -0.3 is 10.3 Å². The average molecular weight is 257 g/mol. The van der Waals surface area contributed by atoms with Gasteiger partial charge in [-0.05, 0) is 55.7 Å². The summed E-state index contributed by atoms with van der Waals surface area (Å²) in [4.78, 5) is 15.1. The van der Waals surface area contributed by atoms with E-state index in [1.54, 1.807) is 0 Å². The minimum Gasteiger partial charge on any atom is -0.340 e. The largest absolute Gasteiger partial charge is 0.340 e. The molecule has 0 atom stereocenters. The van der Waals surface area contributed by atoms with Gasteiger partial charge in [0.1, 0.15) is 6.54 Å². The summed E-state index contributed by atoms with van der Waals surface area (Å²) in [5.74, 6) is 0. The van der Waals surface area contributed by atoms with Crippen LogP contribution < -0.4 is 10.9 Å². The van der Waals surface area contributed by atoms with Crippen LogP contribution in [0.25, 0.3) is 10.9 Å². The third-order valence-corrected chi connectivity index (χ3v) is 4.15. The fraction of sp³-hybridized carbons (Fsp3) is 0.438. The monoisotopic (exact) mass is 257 g/mol. The van der Waals surface area contributed by atoms with Gasteiger partial charge in [-0.2, -0.15) is 0 Å². The molecular formula is C16H21N2O+. The smallest absolute Gasteiger partial charge is 0.257 e. The Bertz CT molecular complexity index is 639. The second-order valence-corrected chi connectivity index (χ2v) is 5.70. The third-order valence-electron chi connectivity index (χ3n) is 4.15. The lowest BCUT2D eigenvalue weighted by Gasteiger charge is -2.08. The lowest BCUT2D eigenvalue weighted by atomic mass is 10.1. The maximum absolute atomic E-state index is 12.1. The van der Waals surface area contributed by atoms with E-state index in [2.05, 4.69) is 22.4 Å². The van der Waals surface area contributed by atoms with Crippen LogP contribution in [-0.2, 0) is 6.54 Å². The molecular weight excluding hydrogens is 236 g/mol. The van der Waals surface area contributed by atoms with Crippen LogP contribution in [0, 0.1) is 6.92 Å². The lowest BCUT2D eigenvalue weighted by molar-refractivity contribution is -0.703. The van der Waals surface area contributed by atoms with Gasteiger partial charge in [0.15, 0.2) is 0 Å². The normalized spacial score (nSPS) is 16.3. The summed E-state index contributed by atoms with van der Waals surface area (Å²) in [6.45, 7) is 2.84. The van der Waals surface area contributed by atoms with E-state index >= 15 is 0 Å². The van der Waals surface area contributed by atoms with E-state index in [-0.39, 0.29) is 5.56 Å². The van der Waals surface area contributed by atoms with Gasteiger partial charge in [-0.3, -0.25) is 4.79 Å². The Morgan fingerprint density at radius 2 is 2.05 bits per heavy atom. The Morgan fingerprint density at radius 1 is 1.26 bits per heavy atom. The van der Waals surface area contributed by atoms with Crippen molar-refractivity contribution in [3.63, 3.8) is 0 Å². The van der Waals surface area contributed by atoms with E-state index in [1.165, 1.54) is 31.2 Å². The van der Waals surface area contributed by atoms with Crippen molar-refractivity contribution >= 4 is 10.9 Å². The predicted molar refractivity (Wildman–Crippen MR) is 77.2 cm³/mol. The van der Waals surface area contributed by atoms with E-state index in [0.717, 1.165) is 23.0 Å². The zero-order valence-electron chi connectivity index (χ0n) is 11.4. The van der Waals surface area contributed by atoms with Gasteiger partial charge in [0, 0.05) is 5.52 Å². The molecule has 0 spiro atoms. The summed E-state index contributed by atoms with van der Waals surface area (Å²) in [7, 11) is 0. The number of fused-ring (bicyclic) bond motifs is 1. The number of aryl methyl sites for hydroxylation is 1. The fourth-order valence-electron chi connectivity index (χ4n) is 3.00. The Balaban J connectivity index is 1.84. The molecule has 1 aliphatic carbocycles. The van der Waals surface area contributed by atoms with Gasteiger partial charge in [0.25, 0.3) is 5.56 Å². The summed E-state index contributed by atoms with van der Waals surface area (Å²) < 4.78 is 0. The van der Waals surface area contributed by atoms with Crippen molar-refractivity contribution in [3.8, 4) is 0 Å². The number of hydrogen-bond acceptors (Lipinski definition) is 1. The average Bonchev–Trinajstić information content (AvgIpc) is 2.89. The van der Waals surface area contributed by atoms with E-state index in [0.29, 0.717) is 6.04 Å². The Hall–Kier alpha value is -1.61. The molecule has 3 rings (SSSR count). The summed E-state index contributed by atoms with van der Waals surface area (Å²) in [5.41, 5.74) is 3.07. The Morgan fingerprint density at radius 3 is 2.84 bits per heavy atom. The summed E-state index contributed by atoms with van der Waals surface area (Å²) in [6, 6.07) is 8.96. The molecule has 0 saturated heterocycles. The first-order valence-electron chi connectivity index (χ1n) is 7.18. The van der Waals surface area contributed by atoms with Crippen molar-refractivity contribution < 1.29 is 5.32 Å². The molecule has 100 valence electrons. The van der Waals surface area contributed by atoms with Gasteiger partial charge in [-0.1, -0.05) is 12.1 Å². The number of benzene rings is 1. The van der Waals surface area contributed by atoms with Crippen molar-refractivity contribution in [1.29, 1.82) is 0 Å². The SMILES string of the molecule is Cc1ccc2cc(C[NH2+]C3CCCC3)c(=O)[nH]c2c1. The second kappa shape index (κ2) is 5.17. The highest BCUT2D eigenvalue weighted by Crippen LogP contribution is 2.15. The number of aromatic nitrogens is 1. The minimum absolute atomic E-state index is 0.0624. The van der Waals surface area contributed by atoms with Crippen molar-refractivity contribution in [2.45, 2.75) is 45.2 Å². The zero-order chi connectivity index (χ0) is 13.2. The van der Waals surface area contributed by atoms with E-state index < -0.39 is 0 Å². The molecule has 0 amide bonds. The van der Waals surface area contributed by atoms with Crippen LogP contribution in [-0.4, -0.2) is 11.0 Å². The van der Waals surface area contributed by atoms with Crippen LogP contribution in [0.2, 0.25) is 0 Å². The van der Waals surface area contributed by atoms with Crippen LogP contribution in [0.5, 0.6) is 0 Å². The molecule has 3 N–H and O–H groups in total. The standard InChI is InChI=1S/C16H20N2O/c1-11-6-7-12-9-13(16(19)18-15(12)8-11)10-17-14-4-2-3-5-14/h6-9,14,17H,2-5,10H2,1H3,(H,18,19)/p+1. The summed E-state index contributed by atoms with van der Waals surface area (Å²) in [5, 5.41) is 3.46. The number of pyridine rings is 1. The zero-order valence-corrected chi connectivity index (χ0v) is 11.4. The first-order chi connectivity index (χ1) is 9.22. The van der Waals surface area contributed by atoms with Crippen LogP contribution in [0.3, 0.4) is 0 Å². The molecule has 1 aromatic carbocycles. The topological polar surface area (TPSA) is 49.5 Å². The number of nitrogens with one attached hydrogen (secondary N) is 1. The highest BCUT2D eigenvalue weighted by Gasteiger charge is 2.18. The third kappa shape index (κ3) is 2.71. The number of hydrogen-bond donors (Lipinski definition) is 2. The number of rotatable bonds is 3. The van der Waals surface area contributed by atoms with Gasteiger partial charge in [0.05, 0.1) is 11.6 Å². The Kier molecular flexibility index (Phi) is 3.38. The number of aromatic amines is 1. The molecule has 3 heteroatoms. The van der Waals surface area contributed by atoms with Gasteiger partial charge in [-0.25, -0.2) is 0 Å². The minimum atomic E-state index is 0.0624. The maximum atomic E-state index is 12.1. The number of H-pyrrole nitrogens is 1. The highest BCUT2D eigenvalue weighted by molar-refractivity contribution is 5.79. The molecule has 0 aliphatic heterocycles. The first kappa shape index (κ1) is 12.4. The molecule has 19 heavy (non-hydrogen) atoms. The predicted octanol–water partition coefficient (Wildman–Crippen LogP) is 1.84. The van der Waals surface area contributed by atoms with Gasteiger partial charge in [-0.15, -0.1) is 0 Å². The van der Waals surface area contributed by atoms with Crippen LogP contribution in [0.1, 0.15) is 36.8 Å². The van der Waals surface area contributed by atoms with Gasteiger partial charge >= 0.3 is 0 Å². The maximum Gasteiger partial charge on any atom is 0.257 e. The van der Waals surface area contributed by atoms with Crippen LogP contribution >= 0.6 is 0 Å². The molecule has 3 nitrogen and oxygen atoms in total. The molecule has 1 aliphatic rings. The number of quaternary nitrogens is 1. The summed E-state index contributed by atoms with van der Waals surface area (Å²) in [6.07, 6.45) is 5.28. The fourth-order valence-corrected chi connectivity index (χ4v) is 3.00. The first-order valence-corrected chi connectivity index (χ1v) is 7.18. The molecule has 0 unspecified atom stereocenters. The molecule has 1 fully saturated rings. The quantitative estimate of drug-likeness (QED) is 0.866. The van der Waals surface area contributed by atoms with Crippen molar-refractivity contribution in [1.82, 2.24) is 4.98 Å². The number of nitrogens with two attached hydrogens (primary N) is 1. The molecule has 1 heterocycles. The molecule has 2 aromatic rings. The van der Waals surface area contributed by atoms with Crippen molar-refractivity contribution in [3.05, 3.63) is 45.7 Å². The molecule has 1 saturated carbocycles.